The molecule has 1 aromatic carbocycles. The monoisotopic (exact) mass is 804 g/mol. The molecule has 3 N–H and O–H groups in total. The van der Waals surface area contributed by atoms with E-state index in [2.05, 4.69) is 35.8 Å². The van der Waals surface area contributed by atoms with Crippen molar-refractivity contribution in [2.45, 2.75) is 92.0 Å². The minimum Gasteiger partial charge on any atom is -0.385 e. The second kappa shape index (κ2) is 17.8. The number of nitrogens with one attached hydrogen (secondary N) is 3. The third-order valence-electron chi connectivity index (χ3n) is 11.4. The van der Waals surface area contributed by atoms with Crippen molar-refractivity contribution in [3.63, 3.8) is 0 Å². The van der Waals surface area contributed by atoms with E-state index < -0.39 is 0 Å². The number of carbonyl (C=O) groups is 3. The summed E-state index contributed by atoms with van der Waals surface area (Å²) in [4.78, 5) is 75.6. The van der Waals surface area contributed by atoms with Crippen LogP contribution in [0.2, 0.25) is 0 Å². The van der Waals surface area contributed by atoms with Gasteiger partial charge in [0.25, 0.3) is 11.5 Å². The van der Waals surface area contributed by atoms with Crippen molar-refractivity contribution in [1.29, 1.82) is 0 Å². The molecule has 15 heteroatoms. The van der Waals surface area contributed by atoms with Gasteiger partial charge in [-0.05, 0) is 95.7 Å². The topological polar surface area (TPSA) is 167 Å². The number of benzene rings is 1. The van der Waals surface area contributed by atoms with Gasteiger partial charge in [-0.25, -0.2) is 15.0 Å². The van der Waals surface area contributed by atoms with Crippen LogP contribution < -0.4 is 26.4 Å². The number of pyridine rings is 2. The van der Waals surface area contributed by atoms with Crippen LogP contribution in [0.25, 0.3) is 11.0 Å². The number of anilines is 5. The number of thiazole rings is 1. The quantitative estimate of drug-likeness (QED) is 0.0751. The molecule has 0 bridgehead atoms. The van der Waals surface area contributed by atoms with Crippen LogP contribution in [0.3, 0.4) is 0 Å². The zero-order valence-electron chi connectivity index (χ0n) is 34.0. The molecule has 7 rings (SSSR count). The standard InChI is InChI=1S/C43H52N10O4S/c1-26-14-15-31(23-34(26)40(56)50-43-47-28(3)30(5)58-43)44-18-10-6-7-13-37(55)52-21-19-51(20-22-52)33-16-17-36(45-24-33)48-42-46-25-35-27(2)38(29(4)54)41(57)53(39(35)49-42)32-11-8-9-12-32/h14-17,23-25,32,44H,6-13,18-22H2,1-5H3,(H,47,50,56)(H,45,46,48,49). The first-order valence-electron chi connectivity index (χ1n) is 20.2. The molecule has 0 radical (unpaired) electrons. The van der Waals surface area contributed by atoms with Crippen molar-refractivity contribution in [3.8, 4) is 0 Å². The number of hydrogen-bond acceptors (Lipinski definition) is 12. The number of fused-ring (bicyclic) bond motifs is 1. The normalized spacial score (nSPS) is 14.6. The molecule has 0 atom stereocenters. The number of unbranched alkanes of at least 4 members (excludes halogenated alkanes) is 2. The first-order chi connectivity index (χ1) is 28.0. The molecular formula is C43H52N10O4S. The summed E-state index contributed by atoms with van der Waals surface area (Å²) in [6.07, 6.45) is 10.5. The molecule has 1 aliphatic carbocycles. The van der Waals surface area contributed by atoms with Gasteiger partial charge in [-0.1, -0.05) is 25.3 Å². The minimum absolute atomic E-state index is 0.00467. The van der Waals surface area contributed by atoms with E-state index in [0.717, 1.165) is 92.1 Å². The Bertz CT molecular complexity index is 2360. The van der Waals surface area contributed by atoms with Crippen molar-refractivity contribution < 1.29 is 14.4 Å². The van der Waals surface area contributed by atoms with Gasteiger partial charge in [0.05, 0.1) is 23.1 Å². The van der Waals surface area contributed by atoms with Crippen LogP contribution in [-0.2, 0) is 4.79 Å². The SMILES string of the molecule is CC(=O)c1c(C)c2cnc(Nc3ccc(N4CCN(C(=O)CCCCCNc5ccc(C)c(C(=O)Nc6nc(C)c(C)s6)c5)CC4)cn3)nc2n(C2CCCC2)c1=O. The van der Waals surface area contributed by atoms with Crippen molar-refractivity contribution >= 4 is 68.2 Å². The third-order valence-corrected chi connectivity index (χ3v) is 12.4. The predicted molar refractivity (Wildman–Crippen MR) is 230 cm³/mol. The van der Waals surface area contributed by atoms with Gasteiger partial charge in [-0.2, -0.15) is 4.98 Å². The largest absolute Gasteiger partial charge is 0.385 e. The number of carbonyl (C=O) groups excluding carboxylic acids is 3. The van der Waals surface area contributed by atoms with Gasteiger partial charge in [0, 0.05) is 72.9 Å². The van der Waals surface area contributed by atoms with Gasteiger partial charge in [0.15, 0.2) is 10.9 Å². The molecule has 58 heavy (non-hydrogen) atoms. The Balaban J connectivity index is 0.852. The predicted octanol–water partition coefficient (Wildman–Crippen LogP) is 7.51. The van der Waals surface area contributed by atoms with Crippen molar-refractivity contribution in [2.75, 3.05) is 53.6 Å². The highest BCUT2D eigenvalue weighted by Crippen LogP contribution is 2.32. The first-order valence-corrected chi connectivity index (χ1v) is 21.1. The van der Waals surface area contributed by atoms with Gasteiger partial charge in [0.2, 0.25) is 11.9 Å². The molecule has 1 saturated heterocycles. The van der Waals surface area contributed by atoms with E-state index in [1.807, 2.05) is 62.2 Å². The van der Waals surface area contributed by atoms with Gasteiger partial charge < -0.3 is 20.4 Å². The molecule has 1 saturated carbocycles. The number of nitrogens with zero attached hydrogens (tertiary/aromatic N) is 7. The lowest BCUT2D eigenvalue weighted by atomic mass is 10.0. The zero-order chi connectivity index (χ0) is 40.9. The van der Waals surface area contributed by atoms with E-state index in [1.54, 1.807) is 17.7 Å². The molecule has 304 valence electrons. The summed E-state index contributed by atoms with van der Waals surface area (Å²) in [6.45, 7) is 12.6. The highest BCUT2D eigenvalue weighted by Gasteiger charge is 2.26. The molecule has 1 aliphatic heterocycles. The second-order valence-corrected chi connectivity index (χ2v) is 16.6. The van der Waals surface area contributed by atoms with Crippen LogP contribution in [0.1, 0.15) is 107 Å². The van der Waals surface area contributed by atoms with Gasteiger partial charge >= 0.3 is 0 Å². The Labute approximate surface area is 342 Å². The number of hydrogen-bond donors (Lipinski definition) is 3. The number of piperazine rings is 1. The van der Waals surface area contributed by atoms with Crippen LogP contribution in [-0.4, -0.2) is 79.7 Å². The van der Waals surface area contributed by atoms with Crippen LogP contribution in [0.15, 0.2) is 47.5 Å². The Morgan fingerprint density at radius 1 is 0.897 bits per heavy atom. The summed E-state index contributed by atoms with van der Waals surface area (Å²) in [5.41, 5.74) is 5.38. The number of Topliss-reactive ketones (excluding diaryl/α,β-unsaturated/α-hetero) is 1. The van der Waals surface area contributed by atoms with Crippen molar-refractivity contribution in [3.05, 3.63) is 85.9 Å². The maximum atomic E-state index is 13.6. The van der Waals surface area contributed by atoms with E-state index in [-0.39, 0.29) is 34.8 Å². The number of ketones is 1. The third kappa shape index (κ3) is 9.04. The zero-order valence-corrected chi connectivity index (χ0v) is 34.8. The Morgan fingerprint density at radius 2 is 1.67 bits per heavy atom. The number of aryl methyl sites for hydroxylation is 4. The van der Waals surface area contributed by atoms with E-state index in [4.69, 9.17) is 4.98 Å². The lowest BCUT2D eigenvalue weighted by molar-refractivity contribution is -0.131. The summed E-state index contributed by atoms with van der Waals surface area (Å²) in [5, 5.41) is 10.9. The van der Waals surface area contributed by atoms with Gasteiger partial charge in [-0.3, -0.25) is 29.1 Å². The molecule has 5 heterocycles. The molecule has 0 spiro atoms. The Hall–Kier alpha value is -5.70. The summed E-state index contributed by atoms with van der Waals surface area (Å²) < 4.78 is 1.71. The number of rotatable bonds is 14. The average molecular weight is 805 g/mol. The molecule has 14 nitrogen and oxygen atoms in total. The van der Waals surface area contributed by atoms with Crippen molar-refractivity contribution in [1.82, 2.24) is 29.4 Å². The molecule has 2 fully saturated rings. The van der Waals surface area contributed by atoms with Crippen LogP contribution in [0.5, 0.6) is 0 Å². The lowest BCUT2D eigenvalue weighted by Gasteiger charge is -2.36. The average Bonchev–Trinajstić information content (AvgIpc) is 3.85. The molecular weight excluding hydrogens is 753 g/mol. The highest BCUT2D eigenvalue weighted by atomic mass is 32.1. The van der Waals surface area contributed by atoms with Gasteiger partial charge in [-0.15, -0.1) is 11.3 Å². The fraction of sp³-hybridized carbons (Fsp3) is 0.442. The molecule has 5 aromatic rings. The van der Waals surface area contributed by atoms with E-state index in [0.29, 0.717) is 58.6 Å². The number of aromatic nitrogens is 5. The Morgan fingerprint density at radius 3 is 2.36 bits per heavy atom. The van der Waals surface area contributed by atoms with E-state index in [1.165, 1.54) is 18.3 Å². The maximum absolute atomic E-state index is 13.6. The highest BCUT2D eigenvalue weighted by molar-refractivity contribution is 7.15. The maximum Gasteiger partial charge on any atom is 0.263 e. The van der Waals surface area contributed by atoms with Crippen LogP contribution in [0.4, 0.5) is 28.3 Å². The first kappa shape index (κ1) is 40.5. The second-order valence-electron chi connectivity index (χ2n) is 15.4. The van der Waals surface area contributed by atoms with E-state index >= 15 is 0 Å². The molecule has 2 aliphatic rings. The van der Waals surface area contributed by atoms with Crippen molar-refractivity contribution in [2.24, 2.45) is 0 Å². The molecule has 2 amide bonds. The molecule has 4 aromatic heterocycles. The summed E-state index contributed by atoms with van der Waals surface area (Å²) in [6, 6.07) is 9.70. The molecule has 0 unspecified atom stereocenters. The summed E-state index contributed by atoms with van der Waals surface area (Å²) in [5.74, 6) is 0.677. The van der Waals surface area contributed by atoms with Gasteiger partial charge in [0.1, 0.15) is 11.5 Å². The summed E-state index contributed by atoms with van der Waals surface area (Å²) >= 11 is 1.48. The fourth-order valence-electron chi connectivity index (χ4n) is 7.92. The number of amides is 2. The van der Waals surface area contributed by atoms with E-state index in [9.17, 15) is 19.2 Å². The lowest BCUT2D eigenvalue weighted by Crippen LogP contribution is -2.48. The fourth-order valence-corrected chi connectivity index (χ4v) is 8.73. The van der Waals surface area contributed by atoms with Crippen LogP contribution in [0, 0.1) is 27.7 Å². The minimum atomic E-state index is -0.279. The smallest absolute Gasteiger partial charge is 0.263 e. The summed E-state index contributed by atoms with van der Waals surface area (Å²) in [7, 11) is 0. The van der Waals surface area contributed by atoms with Crippen LogP contribution >= 0.6 is 11.3 Å². The Kier molecular flexibility index (Phi) is 12.5.